The molecule has 0 amide bonds. The number of aliphatic hydroxyl groups is 2. The number of hydrogen-bond donors (Lipinski definition) is 2. The molecule has 0 bridgehead atoms. The van der Waals surface area contributed by atoms with Crippen LogP contribution < -0.4 is 0 Å². The van der Waals surface area contributed by atoms with Crippen molar-refractivity contribution in [1.29, 1.82) is 0 Å². The number of nitroso groups, excluding NO2 is 1. The molecule has 1 atom stereocenters. The molecule has 0 saturated carbocycles. The van der Waals surface area contributed by atoms with Crippen LogP contribution in [0, 0.1) is 4.91 Å². The van der Waals surface area contributed by atoms with Gasteiger partial charge in [0.1, 0.15) is 0 Å². The van der Waals surface area contributed by atoms with Crippen molar-refractivity contribution in [2.75, 3.05) is 12.4 Å². The fourth-order valence-corrected chi connectivity index (χ4v) is 0.508. The predicted molar refractivity (Wildman–Crippen MR) is 31.3 cm³/mol. The van der Waals surface area contributed by atoms with Crippen molar-refractivity contribution in [2.24, 2.45) is 4.58 Å². The monoisotopic (exact) mass is 137 g/mol. The summed E-state index contributed by atoms with van der Waals surface area (Å²) in [5.74, 6) is 0.167. The van der Waals surface area contributed by atoms with Gasteiger partial charge in [-0.2, -0.15) is 0 Å². The maximum Gasteiger partial charge on any atom is 0.0880 e. The molecular weight excluding hydrogens is 130 g/mol. The van der Waals surface area contributed by atoms with E-state index in [1.165, 1.54) is 0 Å². The molecule has 48 valence electrons. The average Bonchev–Trinajstić information content (AvgIpc) is 1.83. The Bertz CT molecular complexity index is 69.5. The maximum absolute atomic E-state index is 9.35. The minimum atomic E-state index is -0.822. The summed E-state index contributed by atoms with van der Waals surface area (Å²) >= 11 is 0.700. The fourth-order valence-electron chi connectivity index (χ4n) is 0.169. The highest BCUT2D eigenvalue weighted by Gasteiger charge is 1.99. The van der Waals surface area contributed by atoms with Crippen molar-refractivity contribution in [2.45, 2.75) is 6.10 Å². The molecule has 0 radical (unpaired) electrons. The van der Waals surface area contributed by atoms with Crippen molar-refractivity contribution in [3.05, 3.63) is 4.91 Å². The second-order valence-electron chi connectivity index (χ2n) is 1.21. The van der Waals surface area contributed by atoms with E-state index >= 15 is 0 Å². The van der Waals surface area contributed by atoms with Gasteiger partial charge in [-0.3, -0.25) is 0 Å². The van der Waals surface area contributed by atoms with Gasteiger partial charge in [0.15, 0.2) is 0 Å². The van der Waals surface area contributed by atoms with E-state index in [-0.39, 0.29) is 12.4 Å². The lowest BCUT2D eigenvalue weighted by atomic mass is 10.4. The number of nitrogens with zero attached hydrogens (tertiary/aromatic N) is 1. The van der Waals surface area contributed by atoms with Gasteiger partial charge in [0, 0.05) is 22.3 Å². The summed E-state index contributed by atoms with van der Waals surface area (Å²) in [4.78, 5) is 9.35. The van der Waals surface area contributed by atoms with E-state index in [0.29, 0.717) is 11.9 Å². The van der Waals surface area contributed by atoms with Crippen LogP contribution in [-0.2, 0) is 0 Å². The van der Waals surface area contributed by atoms with E-state index in [2.05, 4.69) is 4.58 Å². The summed E-state index contributed by atoms with van der Waals surface area (Å²) in [5.41, 5.74) is 0. The minimum absolute atomic E-state index is 0.167. The van der Waals surface area contributed by atoms with Crippen molar-refractivity contribution in [3.8, 4) is 0 Å². The Morgan fingerprint density at radius 3 is 2.75 bits per heavy atom. The molecule has 2 N–H and O–H groups in total. The zero-order valence-electron chi connectivity index (χ0n) is 4.15. The summed E-state index contributed by atoms with van der Waals surface area (Å²) in [6, 6.07) is 0. The zero-order chi connectivity index (χ0) is 6.41. The van der Waals surface area contributed by atoms with Crippen LogP contribution in [0.25, 0.3) is 0 Å². The van der Waals surface area contributed by atoms with Gasteiger partial charge in [-0.15, -0.1) is 4.91 Å². The third kappa shape index (κ3) is 4.04. The third-order valence-corrected chi connectivity index (χ3v) is 1.17. The van der Waals surface area contributed by atoms with E-state index < -0.39 is 6.10 Å². The molecule has 1 unspecified atom stereocenters. The van der Waals surface area contributed by atoms with E-state index in [4.69, 9.17) is 10.2 Å². The Kier molecular flexibility index (Phi) is 4.93. The second kappa shape index (κ2) is 5.02. The normalized spacial score (nSPS) is 13.2. The van der Waals surface area contributed by atoms with Gasteiger partial charge in [-0.05, 0) is 0 Å². The van der Waals surface area contributed by atoms with E-state index in [1.54, 1.807) is 0 Å². The number of rotatable bonds is 4. The Balaban J connectivity index is 2.97. The van der Waals surface area contributed by atoms with Crippen LogP contribution in [0.2, 0.25) is 0 Å². The molecule has 0 rings (SSSR count). The van der Waals surface area contributed by atoms with Gasteiger partial charge in [0.05, 0.1) is 12.7 Å². The van der Waals surface area contributed by atoms with Crippen LogP contribution in [0.4, 0.5) is 0 Å². The summed E-state index contributed by atoms with van der Waals surface area (Å²) in [5, 5.41) is 16.7. The lowest BCUT2D eigenvalue weighted by Gasteiger charge is -1.99. The average molecular weight is 137 g/mol. The first-order valence-corrected chi connectivity index (χ1v) is 2.99. The number of aliphatic hydroxyl groups excluding tert-OH is 2. The van der Waals surface area contributed by atoms with E-state index in [0.717, 1.165) is 0 Å². The van der Waals surface area contributed by atoms with Crippen molar-refractivity contribution in [3.63, 3.8) is 0 Å². The van der Waals surface area contributed by atoms with Crippen LogP contribution >= 0.6 is 11.9 Å². The van der Waals surface area contributed by atoms with Gasteiger partial charge in [-0.25, -0.2) is 0 Å². The molecule has 0 aliphatic carbocycles. The highest BCUT2D eigenvalue weighted by Crippen LogP contribution is 2.01. The molecule has 0 heterocycles. The number of hydrogen-bond acceptors (Lipinski definition) is 5. The first-order valence-electron chi connectivity index (χ1n) is 2.04. The molecule has 0 spiro atoms. The van der Waals surface area contributed by atoms with E-state index in [1.807, 2.05) is 0 Å². The largest absolute Gasteiger partial charge is 0.394 e. The molecule has 0 saturated heterocycles. The van der Waals surface area contributed by atoms with Gasteiger partial charge < -0.3 is 10.2 Å². The molecule has 4 nitrogen and oxygen atoms in total. The standard InChI is InChI=1S/C3H7NO3S/c5-1-3(6)2-8-4-7/h3,5-6H,1-2H2. The smallest absolute Gasteiger partial charge is 0.0880 e. The molecule has 5 heteroatoms. The first-order chi connectivity index (χ1) is 3.81. The molecule has 0 aliphatic heterocycles. The highest BCUT2D eigenvalue weighted by atomic mass is 32.2. The molecule has 0 aromatic heterocycles. The van der Waals surface area contributed by atoms with Crippen molar-refractivity contribution < 1.29 is 10.2 Å². The fraction of sp³-hybridized carbons (Fsp3) is 1.00. The van der Waals surface area contributed by atoms with Crippen molar-refractivity contribution >= 4 is 11.9 Å². The summed E-state index contributed by atoms with van der Waals surface area (Å²) in [6.45, 7) is -0.317. The quantitative estimate of drug-likeness (QED) is 0.414. The first kappa shape index (κ1) is 7.87. The van der Waals surface area contributed by atoms with Crippen LogP contribution in [0.15, 0.2) is 4.58 Å². The molecular formula is C3H7NO3S. The molecule has 0 aromatic carbocycles. The maximum atomic E-state index is 9.35. The Morgan fingerprint density at radius 1 is 1.75 bits per heavy atom. The van der Waals surface area contributed by atoms with Crippen molar-refractivity contribution in [1.82, 2.24) is 0 Å². The Morgan fingerprint density at radius 2 is 2.38 bits per heavy atom. The minimum Gasteiger partial charge on any atom is -0.394 e. The van der Waals surface area contributed by atoms with E-state index in [9.17, 15) is 4.91 Å². The lowest BCUT2D eigenvalue weighted by Crippen LogP contribution is -2.13. The molecule has 0 fully saturated rings. The predicted octanol–water partition coefficient (Wildman–Crippen LogP) is -0.246. The molecule has 8 heavy (non-hydrogen) atoms. The van der Waals surface area contributed by atoms with Crippen LogP contribution in [0.5, 0.6) is 0 Å². The highest BCUT2D eigenvalue weighted by molar-refractivity contribution is 7.97. The molecule has 0 aliphatic rings. The zero-order valence-corrected chi connectivity index (χ0v) is 4.97. The molecule has 0 aromatic rings. The van der Waals surface area contributed by atoms with Crippen LogP contribution in [0.1, 0.15) is 0 Å². The lowest BCUT2D eigenvalue weighted by molar-refractivity contribution is 0.113. The van der Waals surface area contributed by atoms with Gasteiger partial charge in [0.25, 0.3) is 0 Å². The SMILES string of the molecule is O=NSCC(O)CO. The second-order valence-corrected chi connectivity index (χ2v) is 1.95. The third-order valence-electron chi connectivity index (χ3n) is 0.530. The van der Waals surface area contributed by atoms with Gasteiger partial charge in [0.2, 0.25) is 0 Å². The summed E-state index contributed by atoms with van der Waals surface area (Å²) < 4.78 is 2.42. The van der Waals surface area contributed by atoms with Gasteiger partial charge >= 0.3 is 0 Å². The van der Waals surface area contributed by atoms with Crippen LogP contribution in [-0.4, -0.2) is 28.7 Å². The Labute approximate surface area is 51.0 Å². The van der Waals surface area contributed by atoms with Crippen LogP contribution in [0.3, 0.4) is 0 Å². The van der Waals surface area contributed by atoms with Gasteiger partial charge in [-0.1, -0.05) is 0 Å². The topological polar surface area (TPSA) is 69.9 Å². The Hall–Kier alpha value is -0.130. The summed E-state index contributed by atoms with van der Waals surface area (Å²) in [6.07, 6.45) is -0.822. The summed E-state index contributed by atoms with van der Waals surface area (Å²) in [7, 11) is 0.